The van der Waals surface area contributed by atoms with Crippen molar-refractivity contribution in [2.24, 2.45) is 0 Å². The smallest absolute Gasteiger partial charge is 0.0955 e. The highest BCUT2D eigenvalue weighted by molar-refractivity contribution is 6.30. The second-order valence-corrected chi connectivity index (χ2v) is 12.5. The Labute approximate surface area is 272 Å². The molecule has 2 heterocycles. The maximum absolute atomic E-state index is 9.85. The van der Waals surface area contributed by atoms with Gasteiger partial charge in [0.25, 0.3) is 0 Å². The van der Waals surface area contributed by atoms with E-state index in [1.807, 2.05) is 35.8 Å². The lowest BCUT2D eigenvalue weighted by molar-refractivity contribution is 0.188. The summed E-state index contributed by atoms with van der Waals surface area (Å²) in [5, 5.41) is 10.6. The number of rotatable bonds is 10. The highest BCUT2D eigenvalue weighted by atomic mass is 35.5. The van der Waals surface area contributed by atoms with E-state index in [1.54, 1.807) is 13.3 Å². The predicted molar refractivity (Wildman–Crippen MR) is 188 cm³/mol. The minimum absolute atomic E-state index is 0.187. The van der Waals surface area contributed by atoms with E-state index in [9.17, 15) is 5.11 Å². The molecular weight excluding hydrogens is 562 g/mol. The van der Waals surface area contributed by atoms with E-state index in [0.717, 1.165) is 28.4 Å². The van der Waals surface area contributed by atoms with Gasteiger partial charge in [-0.2, -0.15) is 0 Å². The topological polar surface area (TPSA) is 41.3 Å². The minimum Gasteiger partial charge on any atom is -0.387 e. The fourth-order valence-electron chi connectivity index (χ4n) is 6.39. The summed E-state index contributed by atoms with van der Waals surface area (Å²) in [5.41, 5.74) is 6.11. The Kier molecular flexibility index (Phi) is 15.2. The van der Waals surface area contributed by atoms with Crippen LogP contribution in [0.2, 0.25) is 5.02 Å². The number of nitrogens with zero attached hydrogens (tertiary/aromatic N) is 3. The van der Waals surface area contributed by atoms with E-state index in [0.29, 0.717) is 6.54 Å². The van der Waals surface area contributed by atoms with Crippen LogP contribution in [-0.4, -0.2) is 39.7 Å². The normalized spacial score (nSPS) is 14.2. The number of hydrogen-bond acceptors (Lipinski definition) is 3. The van der Waals surface area contributed by atoms with Crippen LogP contribution in [0.3, 0.4) is 0 Å². The Balaban J connectivity index is 0.000000198. The van der Waals surface area contributed by atoms with Crippen molar-refractivity contribution in [3.63, 3.8) is 0 Å². The molecular formula is C39H54ClN3O. The summed E-state index contributed by atoms with van der Waals surface area (Å²) < 4.78 is 1.99. The molecule has 1 aromatic heterocycles. The Morgan fingerprint density at radius 1 is 0.795 bits per heavy atom. The Hall–Kier alpha value is -2.92. The van der Waals surface area contributed by atoms with Gasteiger partial charge in [0.1, 0.15) is 0 Å². The van der Waals surface area contributed by atoms with E-state index in [-0.39, 0.29) is 5.41 Å². The monoisotopic (exact) mass is 615 g/mol. The number of imidazole rings is 1. The summed E-state index contributed by atoms with van der Waals surface area (Å²) in [6.07, 6.45) is 11.2. The summed E-state index contributed by atoms with van der Waals surface area (Å²) in [5.74, 6) is 0. The van der Waals surface area contributed by atoms with Crippen LogP contribution < -0.4 is 0 Å². The molecule has 3 aromatic carbocycles. The van der Waals surface area contributed by atoms with Crippen molar-refractivity contribution in [1.29, 1.82) is 0 Å². The lowest BCUT2D eigenvalue weighted by Crippen LogP contribution is -2.27. The molecule has 4 aromatic rings. The van der Waals surface area contributed by atoms with Crippen LogP contribution >= 0.6 is 11.6 Å². The van der Waals surface area contributed by atoms with Crippen molar-refractivity contribution < 1.29 is 5.11 Å². The number of halogens is 1. The molecule has 1 fully saturated rings. The van der Waals surface area contributed by atoms with E-state index in [1.165, 1.54) is 69.2 Å². The van der Waals surface area contributed by atoms with Gasteiger partial charge < -0.3 is 14.6 Å². The van der Waals surface area contributed by atoms with Crippen molar-refractivity contribution in [3.8, 4) is 0 Å². The molecule has 1 unspecified atom stereocenters. The van der Waals surface area contributed by atoms with Gasteiger partial charge in [-0.3, -0.25) is 0 Å². The molecule has 1 atom stereocenters. The zero-order valence-corrected chi connectivity index (χ0v) is 28.4. The molecule has 0 radical (unpaired) electrons. The summed E-state index contributed by atoms with van der Waals surface area (Å²) >= 11 is 5.86. The SMILES string of the molecule is CCCC(CCC)(c1ccccc1)c1ccccc1.CCc1ncn(Cc2ccc(Cl)cc2)c1C(C)O.CN1CCCCC1. The van der Waals surface area contributed by atoms with Gasteiger partial charge in [0.2, 0.25) is 0 Å². The average Bonchev–Trinajstić information content (AvgIpc) is 3.47. The number of piperidine rings is 1. The average molecular weight is 616 g/mol. The van der Waals surface area contributed by atoms with Gasteiger partial charge in [0.05, 0.1) is 23.8 Å². The van der Waals surface area contributed by atoms with Gasteiger partial charge in [-0.1, -0.05) is 124 Å². The number of aliphatic hydroxyl groups excluding tert-OH is 1. The van der Waals surface area contributed by atoms with Gasteiger partial charge in [-0.05, 0) is 88.0 Å². The van der Waals surface area contributed by atoms with Crippen molar-refractivity contribution in [2.45, 2.75) is 97.1 Å². The van der Waals surface area contributed by atoms with Gasteiger partial charge in [0.15, 0.2) is 0 Å². The van der Waals surface area contributed by atoms with E-state index >= 15 is 0 Å². The predicted octanol–water partition coefficient (Wildman–Crippen LogP) is 9.88. The van der Waals surface area contributed by atoms with Gasteiger partial charge >= 0.3 is 0 Å². The van der Waals surface area contributed by atoms with Crippen molar-refractivity contribution in [1.82, 2.24) is 14.5 Å². The van der Waals surface area contributed by atoms with Crippen LogP contribution in [0.25, 0.3) is 0 Å². The molecule has 0 spiro atoms. The lowest BCUT2D eigenvalue weighted by atomic mass is 9.68. The molecule has 0 aliphatic carbocycles. The van der Waals surface area contributed by atoms with Crippen LogP contribution in [0, 0.1) is 0 Å². The minimum atomic E-state index is -0.505. The number of aromatic nitrogens is 2. The molecule has 238 valence electrons. The lowest BCUT2D eigenvalue weighted by Gasteiger charge is -2.35. The highest BCUT2D eigenvalue weighted by Gasteiger charge is 2.32. The first-order valence-corrected chi connectivity index (χ1v) is 17.0. The first kappa shape index (κ1) is 35.6. The standard InChI is InChI=1S/C19H24.C14H17ClN2O.C6H13N/c1-3-15-19(16-4-2,17-11-7-5-8-12-17)18-13-9-6-10-14-18;1-3-13-14(10(2)18)17(9-16-13)8-11-4-6-12(15)7-5-11;1-7-5-3-2-4-6-7/h5-14H,3-4,15-16H2,1-2H3;4-7,9-10,18H,3,8H2,1-2H3;2-6H2,1H3. The van der Waals surface area contributed by atoms with E-state index in [2.05, 4.69) is 91.4 Å². The number of hydrogen-bond donors (Lipinski definition) is 1. The molecule has 0 bridgehead atoms. The Morgan fingerprint density at radius 2 is 1.32 bits per heavy atom. The van der Waals surface area contributed by atoms with Gasteiger partial charge in [-0.25, -0.2) is 4.98 Å². The zero-order valence-electron chi connectivity index (χ0n) is 27.7. The summed E-state index contributed by atoms with van der Waals surface area (Å²) in [7, 11) is 2.19. The Bertz CT molecular complexity index is 1270. The second kappa shape index (κ2) is 18.8. The molecule has 0 amide bonds. The zero-order chi connectivity index (χ0) is 31.8. The van der Waals surface area contributed by atoms with Crippen LogP contribution in [-0.2, 0) is 18.4 Å². The molecule has 1 saturated heterocycles. The van der Waals surface area contributed by atoms with Crippen molar-refractivity contribution in [2.75, 3.05) is 20.1 Å². The van der Waals surface area contributed by atoms with Crippen molar-refractivity contribution in [3.05, 3.63) is 124 Å². The number of aliphatic hydroxyl groups is 1. The first-order valence-electron chi connectivity index (χ1n) is 16.6. The number of aryl methyl sites for hydroxylation is 1. The molecule has 5 rings (SSSR count). The van der Waals surface area contributed by atoms with Crippen molar-refractivity contribution >= 4 is 11.6 Å². The van der Waals surface area contributed by atoms with Crippen LogP contribution in [0.1, 0.15) is 107 Å². The maximum Gasteiger partial charge on any atom is 0.0955 e. The summed E-state index contributed by atoms with van der Waals surface area (Å²) in [6, 6.07) is 29.8. The molecule has 5 heteroatoms. The molecule has 0 saturated carbocycles. The van der Waals surface area contributed by atoms with Crippen LogP contribution in [0.5, 0.6) is 0 Å². The quantitative estimate of drug-likeness (QED) is 0.193. The third-order valence-corrected chi connectivity index (χ3v) is 8.79. The summed E-state index contributed by atoms with van der Waals surface area (Å²) in [4.78, 5) is 6.74. The maximum atomic E-state index is 9.85. The largest absolute Gasteiger partial charge is 0.387 e. The van der Waals surface area contributed by atoms with E-state index in [4.69, 9.17) is 11.6 Å². The third-order valence-electron chi connectivity index (χ3n) is 8.54. The third kappa shape index (κ3) is 10.3. The van der Waals surface area contributed by atoms with E-state index < -0.39 is 6.10 Å². The number of benzene rings is 3. The Morgan fingerprint density at radius 3 is 1.73 bits per heavy atom. The molecule has 1 N–H and O–H groups in total. The fourth-order valence-corrected chi connectivity index (χ4v) is 6.51. The number of likely N-dealkylation sites (tertiary alicyclic amines) is 1. The highest BCUT2D eigenvalue weighted by Crippen LogP contribution is 2.40. The molecule has 44 heavy (non-hydrogen) atoms. The summed E-state index contributed by atoms with van der Waals surface area (Å²) in [6.45, 7) is 11.7. The second-order valence-electron chi connectivity index (χ2n) is 12.0. The fraction of sp³-hybridized carbons (Fsp3) is 0.462. The van der Waals surface area contributed by atoms with Gasteiger partial charge in [0, 0.05) is 17.0 Å². The molecule has 1 aliphatic heterocycles. The van der Waals surface area contributed by atoms with Crippen LogP contribution in [0.15, 0.2) is 91.3 Å². The molecule has 4 nitrogen and oxygen atoms in total. The van der Waals surface area contributed by atoms with Crippen LogP contribution in [0.4, 0.5) is 0 Å². The van der Waals surface area contributed by atoms with Gasteiger partial charge in [-0.15, -0.1) is 0 Å². The first-order chi connectivity index (χ1) is 21.3. The molecule has 1 aliphatic rings.